The maximum absolute atomic E-state index is 13.1. The molecule has 1 aromatic heterocycles. The predicted octanol–water partition coefficient (Wildman–Crippen LogP) is 3.42. The molecule has 4 heteroatoms. The van der Waals surface area contributed by atoms with Crippen molar-refractivity contribution in [3.8, 4) is 0 Å². The highest BCUT2D eigenvalue weighted by Gasteiger charge is 2.32. The Hall–Kier alpha value is -1.42. The summed E-state index contributed by atoms with van der Waals surface area (Å²) in [7, 11) is 0. The normalized spacial score (nSPS) is 18.8. The molecule has 3 nitrogen and oxygen atoms in total. The molecular weight excluding hydrogens is 243 g/mol. The second kappa shape index (κ2) is 4.93. The van der Waals surface area contributed by atoms with Crippen molar-refractivity contribution in [2.24, 2.45) is 11.1 Å². The summed E-state index contributed by atoms with van der Waals surface area (Å²) in [6.07, 6.45) is 6.78. The van der Waals surface area contributed by atoms with E-state index in [1.807, 2.05) is 0 Å². The summed E-state index contributed by atoms with van der Waals surface area (Å²) in [6, 6.07) is 4.45. The summed E-state index contributed by atoms with van der Waals surface area (Å²) < 4.78 is 18.9. The fraction of sp³-hybridized carbons (Fsp3) is 0.533. The molecule has 0 radical (unpaired) electrons. The summed E-state index contributed by atoms with van der Waals surface area (Å²) in [5.74, 6) is 0.409. The largest absolute Gasteiger partial charge is 0.441 e. The van der Waals surface area contributed by atoms with E-state index in [-0.39, 0.29) is 11.2 Å². The zero-order valence-corrected chi connectivity index (χ0v) is 11.0. The maximum atomic E-state index is 13.1. The molecule has 1 fully saturated rings. The molecule has 1 aromatic carbocycles. The van der Waals surface area contributed by atoms with Gasteiger partial charge < -0.3 is 10.2 Å². The molecule has 0 bridgehead atoms. The van der Waals surface area contributed by atoms with Gasteiger partial charge in [-0.05, 0) is 36.9 Å². The van der Waals surface area contributed by atoms with Crippen LogP contribution >= 0.6 is 0 Å². The minimum atomic E-state index is -0.279. The van der Waals surface area contributed by atoms with E-state index in [0.717, 1.165) is 19.3 Å². The third kappa shape index (κ3) is 2.50. The van der Waals surface area contributed by atoms with Crippen LogP contribution in [0.2, 0.25) is 0 Å². The molecule has 0 aliphatic heterocycles. The van der Waals surface area contributed by atoms with Crippen LogP contribution in [0.1, 0.15) is 38.0 Å². The Bertz CT molecular complexity index is 573. The van der Waals surface area contributed by atoms with E-state index in [0.29, 0.717) is 23.5 Å². The average Bonchev–Trinajstić information content (AvgIpc) is 2.81. The average molecular weight is 262 g/mol. The van der Waals surface area contributed by atoms with Crippen LogP contribution < -0.4 is 5.73 Å². The number of halogens is 1. The molecule has 1 heterocycles. The zero-order valence-electron chi connectivity index (χ0n) is 11.0. The topological polar surface area (TPSA) is 52.0 Å². The van der Waals surface area contributed by atoms with Crippen molar-refractivity contribution in [1.29, 1.82) is 0 Å². The quantitative estimate of drug-likeness (QED) is 0.922. The van der Waals surface area contributed by atoms with E-state index >= 15 is 0 Å². The van der Waals surface area contributed by atoms with Gasteiger partial charge in [-0.25, -0.2) is 9.37 Å². The van der Waals surface area contributed by atoms with E-state index < -0.39 is 0 Å². The monoisotopic (exact) mass is 262 g/mol. The lowest BCUT2D eigenvalue weighted by Gasteiger charge is -2.35. The molecule has 3 rings (SSSR count). The molecule has 1 saturated carbocycles. The lowest BCUT2D eigenvalue weighted by Crippen LogP contribution is -2.35. The molecular formula is C15H19FN2O. The molecule has 0 atom stereocenters. The van der Waals surface area contributed by atoms with E-state index in [1.54, 1.807) is 6.07 Å². The minimum absolute atomic E-state index is 0.123. The Kier molecular flexibility index (Phi) is 3.27. The van der Waals surface area contributed by atoms with Crippen LogP contribution in [-0.4, -0.2) is 11.5 Å². The molecule has 0 saturated heterocycles. The van der Waals surface area contributed by atoms with Gasteiger partial charge in [0.25, 0.3) is 0 Å². The molecule has 19 heavy (non-hydrogen) atoms. The van der Waals surface area contributed by atoms with Gasteiger partial charge in [-0.2, -0.15) is 0 Å². The first-order valence-corrected chi connectivity index (χ1v) is 6.96. The summed E-state index contributed by atoms with van der Waals surface area (Å²) in [6.45, 7) is 0.667. The number of hydrogen-bond acceptors (Lipinski definition) is 3. The number of fused-ring (bicyclic) bond motifs is 1. The van der Waals surface area contributed by atoms with Crippen LogP contribution in [0, 0.1) is 11.2 Å². The highest BCUT2D eigenvalue weighted by molar-refractivity contribution is 5.72. The van der Waals surface area contributed by atoms with Crippen molar-refractivity contribution in [3.05, 3.63) is 29.9 Å². The molecule has 1 aliphatic rings. The SMILES string of the molecule is NCC1(Cc2nc3cc(F)ccc3o2)CCCCC1. The summed E-state index contributed by atoms with van der Waals surface area (Å²) in [5.41, 5.74) is 7.35. The van der Waals surface area contributed by atoms with Crippen molar-refractivity contribution in [2.75, 3.05) is 6.54 Å². The Balaban J connectivity index is 1.87. The van der Waals surface area contributed by atoms with Crippen LogP contribution in [0.4, 0.5) is 4.39 Å². The molecule has 0 amide bonds. The van der Waals surface area contributed by atoms with Crippen molar-refractivity contribution in [1.82, 2.24) is 4.98 Å². The van der Waals surface area contributed by atoms with E-state index in [4.69, 9.17) is 10.2 Å². The fourth-order valence-corrected chi connectivity index (χ4v) is 3.10. The number of oxazole rings is 1. The Morgan fingerprint density at radius 2 is 2.05 bits per heavy atom. The van der Waals surface area contributed by atoms with Crippen molar-refractivity contribution in [3.63, 3.8) is 0 Å². The van der Waals surface area contributed by atoms with Crippen molar-refractivity contribution in [2.45, 2.75) is 38.5 Å². The number of rotatable bonds is 3. The third-order valence-electron chi connectivity index (χ3n) is 4.27. The first-order chi connectivity index (χ1) is 9.21. The molecule has 1 aliphatic carbocycles. The van der Waals surface area contributed by atoms with Crippen LogP contribution in [0.25, 0.3) is 11.1 Å². The molecule has 2 N–H and O–H groups in total. The Labute approximate surface area is 112 Å². The van der Waals surface area contributed by atoms with Gasteiger partial charge in [-0.1, -0.05) is 19.3 Å². The van der Waals surface area contributed by atoms with E-state index in [2.05, 4.69) is 4.98 Å². The van der Waals surface area contributed by atoms with E-state index in [1.165, 1.54) is 31.4 Å². The smallest absolute Gasteiger partial charge is 0.196 e. The maximum Gasteiger partial charge on any atom is 0.196 e. The second-order valence-corrected chi connectivity index (χ2v) is 5.66. The number of nitrogens with zero attached hydrogens (tertiary/aromatic N) is 1. The fourth-order valence-electron chi connectivity index (χ4n) is 3.10. The summed E-state index contributed by atoms with van der Waals surface area (Å²) in [5, 5.41) is 0. The standard InChI is InChI=1S/C15H19FN2O/c16-11-4-5-13-12(8-11)18-14(19-13)9-15(10-17)6-2-1-3-7-15/h4-5,8H,1-3,6-7,9-10,17H2. The van der Waals surface area contributed by atoms with Crippen molar-refractivity contribution < 1.29 is 8.81 Å². The Morgan fingerprint density at radius 1 is 1.26 bits per heavy atom. The zero-order chi connectivity index (χ0) is 13.3. The van der Waals surface area contributed by atoms with Crippen LogP contribution in [0.5, 0.6) is 0 Å². The van der Waals surface area contributed by atoms with Gasteiger partial charge in [0.1, 0.15) is 11.3 Å². The second-order valence-electron chi connectivity index (χ2n) is 5.66. The number of aromatic nitrogens is 1. The van der Waals surface area contributed by atoms with Gasteiger partial charge in [-0.15, -0.1) is 0 Å². The third-order valence-corrected chi connectivity index (χ3v) is 4.27. The molecule has 0 unspecified atom stereocenters. The highest BCUT2D eigenvalue weighted by Crippen LogP contribution is 2.38. The van der Waals surface area contributed by atoms with Crippen LogP contribution in [0.15, 0.2) is 22.6 Å². The first-order valence-electron chi connectivity index (χ1n) is 6.96. The van der Waals surface area contributed by atoms with Crippen LogP contribution in [-0.2, 0) is 6.42 Å². The lowest BCUT2D eigenvalue weighted by atomic mass is 9.72. The molecule has 2 aromatic rings. The van der Waals surface area contributed by atoms with Crippen LogP contribution in [0.3, 0.4) is 0 Å². The number of benzene rings is 1. The predicted molar refractivity (Wildman–Crippen MR) is 72.2 cm³/mol. The van der Waals surface area contributed by atoms with Gasteiger partial charge >= 0.3 is 0 Å². The van der Waals surface area contributed by atoms with Crippen molar-refractivity contribution >= 4 is 11.1 Å². The van der Waals surface area contributed by atoms with Gasteiger partial charge in [0, 0.05) is 12.5 Å². The highest BCUT2D eigenvalue weighted by atomic mass is 19.1. The van der Waals surface area contributed by atoms with E-state index in [9.17, 15) is 4.39 Å². The van der Waals surface area contributed by atoms with Gasteiger partial charge in [0.2, 0.25) is 0 Å². The Morgan fingerprint density at radius 3 is 2.79 bits per heavy atom. The minimum Gasteiger partial charge on any atom is -0.441 e. The van der Waals surface area contributed by atoms with Gasteiger partial charge in [-0.3, -0.25) is 0 Å². The summed E-state index contributed by atoms with van der Waals surface area (Å²) in [4.78, 5) is 4.40. The number of hydrogen-bond donors (Lipinski definition) is 1. The number of nitrogens with two attached hydrogens (primary N) is 1. The molecule has 0 spiro atoms. The lowest BCUT2D eigenvalue weighted by molar-refractivity contribution is 0.184. The first kappa shape index (κ1) is 12.6. The van der Waals surface area contributed by atoms with Gasteiger partial charge in [0.15, 0.2) is 11.5 Å². The molecule has 102 valence electrons. The van der Waals surface area contributed by atoms with Gasteiger partial charge in [0.05, 0.1) is 0 Å². The summed E-state index contributed by atoms with van der Waals surface area (Å²) >= 11 is 0.